The van der Waals surface area contributed by atoms with Gasteiger partial charge in [0.05, 0.1) is 6.54 Å². The molecule has 4 N–H and O–H groups in total. The highest BCUT2D eigenvalue weighted by atomic mass is 16.2. The van der Waals surface area contributed by atoms with E-state index in [4.69, 9.17) is 5.73 Å². The number of nitrogens with zero attached hydrogens (tertiary/aromatic N) is 6. The zero-order valence-electron chi connectivity index (χ0n) is 23.4. The zero-order valence-corrected chi connectivity index (χ0v) is 23.4. The van der Waals surface area contributed by atoms with Crippen LogP contribution in [-0.2, 0) is 35.9 Å². The van der Waals surface area contributed by atoms with Gasteiger partial charge in [-0.2, -0.15) is 10.1 Å². The molecule has 12 heteroatoms. The summed E-state index contributed by atoms with van der Waals surface area (Å²) in [5.74, 6) is 0.255. The molecule has 0 radical (unpaired) electrons. The van der Waals surface area contributed by atoms with Gasteiger partial charge >= 0.3 is 0 Å². The summed E-state index contributed by atoms with van der Waals surface area (Å²) in [4.78, 5) is 51.8. The summed E-state index contributed by atoms with van der Waals surface area (Å²) in [7, 11) is 1.85. The van der Waals surface area contributed by atoms with Crippen molar-refractivity contribution < 1.29 is 14.4 Å². The van der Waals surface area contributed by atoms with Crippen LogP contribution in [0.1, 0.15) is 46.6 Å². The number of nitrogens with one attached hydrogen (secondary N) is 2. The predicted octanol–water partition coefficient (Wildman–Crippen LogP) is 0.867. The van der Waals surface area contributed by atoms with Gasteiger partial charge in [0.15, 0.2) is 5.69 Å². The molecule has 3 heterocycles. The lowest BCUT2D eigenvalue weighted by atomic mass is 9.91. The first-order valence-corrected chi connectivity index (χ1v) is 14.1. The third-order valence-electron chi connectivity index (χ3n) is 7.70. The molecule has 2 aromatic heterocycles. The molecule has 1 unspecified atom stereocenters. The summed E-state index contributed by atoms with van der Waals surface area (Å²) in [5, 5.41) is 10.6. The zero-order chi connectivity index (χ0) is 28.8. The smallest absolute Gasteiger partial charge is 0.272 e. The maximum absolute atomic E-state index is 13.4. The number of fused-ring (bicyclic) bond motifs is 1. The van der Waals surface area contributed by atoms with Crippen molar-refractivity contribution >= 4 is 29.5 Å². The van der Waals surface area contributed by atoms with E-state index >= 15 is 0 Å². The summed E-state index contributed by atoms with van der Waals surface area (Å²) in [6.45, 7) is 1.76. The summed E-state index contributed by atoms with van der Waals surface area (Å²) in [6.07, 6.45) is 5.02. The van der Waals surface area contributed by atoms with Crippen molar-refractivity contribution in [1.29, 1.82) is 0 Å². The van der Waals surface area contributed by atoms with E-state index in [1.807, 2.05) is 42.3 Å². The maximum Gasteiger partial charge on any atom is 0.272 e. The van der Waals surface area contributed by atoms with Crippen LogP contribution >= 0.6 is 0 Å². The van der Waals surface area contributed by atoms with E-state index in [-0.39, 0.29) is 42.7 Å². The van der Waals surface area contributed by atoms with Gasteiger partial charge in [-0.1, -0.05) is 30.3 Å². The number of carbonyl (C=O) groups excluding carboxylic acids is 3. The Morgan fingerprint density at radius 3 is 2.71 bits per heavy atom. The van der Waals surface area contributed by atoms with Gasteiger partial charge in [0.25, 0.3) is 5.91 Å². The molecule has 3 aromatic rings. The van der Waals surface area contributed by atoms with Crippen LogP contribution in [0.4, 0.5) is 11.8 Å². The largest absolute Gasteiger partial charge is 0.368 e. The minimum Gasteiger partial charge on any atom is -0.368 e. The topological polar surface area (TPSA) is 151 Å². The Balaban J connectivity index is 1.38. The second-order valence-corrected chi connectivity index (χ2v) is 10.6. The molecule has 1 aromatic carbocycles. The molecule has 0 spiro atoms. The van der Waals surface area contributed by atoms with Gasteiger partial charge < -0.3 is 26.2 Å². The minimum atomic E-state index is -0.248. The Bertz CT molecular complexity index is 1390. The van der Waals surface area contributed by atoms with E-state index in [1.165, 1.54) is 0 Å². The number of hydrogen-bond acceptors (Lipinski definition) is 8. The van der Waals surface area contributed by atoms with Gasteiger partial charge in [-0.15, -0.1) is 0 Å². The molecule has 0 fully saturated rings. The Morgan fingerprint density at radius 1 is 1.07 bits per heavy atom. The summed E-state index contributed by atoms with van der Waals surface area (Å²) >= 11 is 0. The van der Waals surface area contributed by atoms with Crippen LogP contribution in [0.2, 0.25) is 0 Å². The quantitative estimate of drug-likeness (QED) is 0.426. The first-order valence-electron chi connectivity index (χ1n) is 14.1. The molecular formula is C29H37N9O3. The Labute approximate surface area is 239 Å². The molecule has 1 atom stereocenters. The molecule has 3 amide bonds. The fourth-order valence-electron chi connectivity index (χ4n) is 5.59. The second-order valence-electron chi connectivity index (χ2n) is 10.6. The number of hydrogen-bond donors (Lipinski definition) is 3. The highest BCUT2D eigenvalue weighted by Crippen LogP contribution is 2.24. The molecule has 12 nitrogen and oxygen atoms in total. The lowest BCUT2D eigenvalue weighted by Gasteiger charge is -2.27. The highest BCUT2D eigenvalue weighted by Gasteiger charge is 2.30. The molecule has 0 saturated carbocycles. The van der Waals surface area contributed by atoms with Gasteiger partial charge in [0, 0.05) is 63.1 Å². The number of benzene rings is 1. The first-order chi connectivity index (χ1) is 19.9. The van der Waals surface area contributed by atoms with Crippen LogP contribution < -0.4 is 21.3 Å². The number of carbonyl (C=O) groups is 3. The number of aryl methyl sites for hydroxylation is 1. The van der Waals surface area contributed by atoms with Crippen LogP contribution in [0.15, 0.2) is 42.6 Å². The lowest BCUT2D eigenvalue weighted by molar-refractivity contribution is -0.136. The van der Waals surface area contributed by atoms with E-state index in [9.17, 15) is 14.4 Å². The Morgan fingerprint density at radius 2 is 1.90 bits per heavy atom. The SMILES string of the molecule is Cn1nc2c3c1CCC(C3)NC(=O)CN(CCc1ccccc1)C(=O)CCCN(c1ccnc(N)n1)CCNC2=O. The van der Waals surface area contributed by atoms with E-state index in [0.717, 1.165) is 23.2 Å². The first kappa shape index (κ1) is 28.1. The van der Waals surface area contributed by atoms with E-state index < -0.39 is 0 Å². The molecule has 2 aliphatic rings. The number of nitrogen functional groups attached to an aromatic ring is 1. The van der Waals surface area contributed by atoms with Crippen LogP contribution in [-0.4, -0.2) is 81.1 Å². The van der Waals surface area contributed by atoms with Crippen molar-refractivity contribution in [2.75, 3.05) is 43.4 Å². The van der Waals surface area contributed by atoms with E-state index in [2.05, 4.69) is 25.7 Å². The van der Waals surface area contributed by atoms with Crippen molar-refractivity contribution in [2.24, 2.45) is 7.05 Å². The van der Waals surface area contributed by atoms with Crippen molar-refractivity contribution in [1.82, 2.24) is 35.3 Å². The van der Waals surface area contributed by atoms with Crippen LogP contribution in [0, 0.1) is 0 Å². The Kier molecular flexibility index (Phi) is 8.76. The second kappa shape index (κ2) is 12.8. The molecule has 1 aliphatic heterocycles. The summed E-state index contributed by atoms with van der Waals surface area (Å²) in [5.41, 5.74) is 9.21. The summed E-state index contributed by atoms with van der Waals surface area (Å²) < 4.78 is 1.76. The Hall–Kier alpha value is -4.48. The van der Waals surface area contributed by atoms with Crippen LogP contribution in [0.25, 0.3) is 0 Å². The molecule has 2 bridgehead atoms. The van der Waals surface area contributed by atoms with Crippen LogP contribution in [0.5, 0.6) is 0 Å². The number of nitrogens with two attached hydrogens (primary N) is 1. The van der Waals surface area contributed by atoms with Gasteiger partial charge in [-0.05, 0) is 43.7 Å². The van der Waals surface area contributed by atoms with E-state index in [0.29, 0.717) is 63.4 Å². The average Bonchev–Trinajstić information content (AvgIpc) is 3.29. The van der Waals surface area contributed by atoms with Crippen molar-refractivity contribution in [2.45, 2.75) is 44.6 Å². The van der Waals surface area contributed by atoms with Gasteiger partial charge in [-0.25, -0.2) is 4.98 Å². The van der Waals surface area contributed by atoms with E-state index in [1.54, 1.807) is 21.8 Å². The van der Waals surface area contributed by atoms with Gasteiger partial charge in [0.1, 0.15) is 5.82 Å². The number of rotatable bonds is 4. The number of anilines is 2. The molecule has 41 heavy (non-hydrogen) atoms. The molecule has 0 saturated heterocycles. The monoisotopic (exact) mass is 559 g/mol. The van der Waals surface area contributed by atoms with Crippen molar-refractivity contribution in [3.63, 3.8) is 0 Å². The van der Waals surface area contributed by atoms with Crippen molar-refractivity contribution in [3.8, 4) is 0 Å². The fourth-order valence-corrected chi connectivity index (χ4v) is 5.59. The minimum absolute atomic E-state index is 0.0123. The van der Waals surface area contributed by atoms with Gasteiger partial charge in [0.2, 0.25) is 17.8 Å². The average molecular weight is 560 g/mol. The predicted molar refractivity (Wildman–Crippen MR) is 154 cm³/mol. The summed E-state index contributed by atoms with van der Waals surface area (Å²) in [6, 6.07) is 11.6. The van der Waals surface area contributed by atoms with Gasteiger partial charge in [-0.3, -0.25) is 19.1 Å². The maximum atomic E-state index is 13.4. The lowest BCUT2D eigenvalue weighted by Crippen LogP contribution is -2.46. The number of amides is 3. The van der Waals surface area contributed by atoms with Crippen molar-refractivity contribution in [3.05, 3.63) is 65.1 Å². The molecule has 216 valence electrons. The normalized spacial score (nSPS) is 19.0. The highest BCUT2D eigenvalue weighted by molar-refractivity contribution is 5.94. The molecule has 1 aliphatic carbocycles. The molecular weight excluding hydrogens is 522 g/mol. The fraction of sp³-hybridized carbons (Fsp3) is 0.448. The molecule has 5 rings (SSSR count). The number of aromatic nitrogens is 4. The van der Waals surface area contributed by atoms with Crippen LogP contribution in [0.3, 0.4) is 0 Å². The third-order valence-corrected chi connectivity index (χ3v) is 7.70. The third kappa shape index (κ3) is 7.00. The standard InChI is InChI=1S/C29H37N9O3/c1-36-23-10-9-21-18-22(23)27(35-36)28(41)31-14-17-37(24-11-13-32-29(30)34-24)15-5-8-26(40)38(19-25(39)33-21)16-12-20-6-3-2-4-7-20/h2-4,6-7,11,13,21H,5,8-10,12,14-19H2,1H3,(H,31,41)(H,33,39)(H2,30,32,34).